The molecule has 1 aliphatic heterocycles. The average molecular weight is 580 g/mol. The molecule has 192 valence electrons. The molecule has 2 amide bonds. The third-order valence-corrected chi connectivity index (χ3v) is 6.70. The van der Waals surface area contributed by atoms with Crippen LogP contribution >= 0.6 is 27.5 Å². The summed E-state index contributed by atoms with van der Waals surface area (Å²) < 4.78 is 55.5. The van der Waals surface area contributed by atoms with Crippen molar-refractivity contribution in [3.05, 3.63) is 39.1 Å². The van der Waals surface area contributed by atoms with Crippen LogP contribution in [0.4, 0.5) is 23.0 Å². The second-order valence-electron chi connectivity index (χ2n) is 7.80. The van der Waals surface area contributed by atoms with Crippen LogP contribution in [0.25, 0.3) is 0 Å². The third kappa shape index (κ3) is 7.06. The molecule has 0 saturated carbocycles. The number of hydrogen-bond acceptors (Lipinski definition) is 8. The zero-order chi connectivity index (χ0) is 25.5. The van der Waals surface area contributed by atoms with Crippen molar-refractivity contribution >= 4 is 44.5 Å². The molecule has 1 aliphatic rings. The second kappa shape index (κ2) is 12.5. The number of nitrogens with one attached hydrogen (secondary N) is 2. The van der Waals surface area contributed by atoms with Crippen molar-refractivity contribution in [3.63, 3.8) is 0 Å². The summed E-state index contributed by atoms with van der Waals surface area (Å²) in [5.41, 5.74) is -0.898. The van der Waals surface area contributed by atoms with Crippen LogP contribution < -0.4 is 15.4 Å². The number of halogens is 4. The van der Waals surface area contributed by atoms with Crippen LogP contribution in [0.5, 0.6) is 5.88 Å². The first-order chi connectivity index (χ1) is 16.7. The quantitative estimate of drug-likeness (QED) is 0.203. The van der Waals surface area contributed by atoms with Crippen molar-refractivity contribution in [3.8, 4) is 5.88 Å². The number of nitrogens with zero attached hydrogens (tertiary/aromatic N) is 3. The van der Waals surface area contributed by atoms with Gasteiger partial charge in [0.25, 0.3) is 0 Å². The van der Waals surface area contributed by atoms with Gasteiger partial charge in [0.15, 0.2) is 17.2 Å². The van der Waals surface area contributed by atoms with Crippen LogP contribution in [0.2, 0.25) is 0 Å². The van der Waals surface area contributed by atoms with Gasteiger partial charge in [0, 0.05) is 32.7 Å². The van der Waals surface area contributed by atoms with E-state index in [1.165, 1.54) is 0 Å². The zero-order valence-corrected chi connectivity index (χ0v) is 21.5. The lowest BCUT2D eigenvalue weighted by Gasteiger charge is -2.32. The van der Waals surface area contributed by atoms with Gasteiger partial charge in [-0.3, -0.25) is 5.32 Å². The Bertz CT molecular complexity index is 1070. The Labute approximate surface area is 212 Å². The van der Waals surface area contributed by atoms with E-state index in [0.717, 1.165) is 63.9 Å². The number of ether oxygens (including phenoxy) is 2. The molecule has 1 aromatic carbocycles. The summed E-state index contributed by atoms with van der Waals surface area (Å²) in [6.07, 6.45) is 0.749. The maximum absolute atomic E-state index is 14.1. The topological polar surface area (TPSA) is 96.0 Å². The fourth-order valence-corrected chi connectivity index (χ4v) is 4.44. The number of esters is 1. The lowest BCUT2D eigenvalue weighted by atomic mass is 10.2. The van der Waals surface area contributed by atoms with Gasteiger partial charge in [-0.05, 0) is 53.5 Å². The lowest BCUT2D eigenvalue weighted by molar-refractivity contribution is 0.0596. The molecule has 0 radical (unpaired) electrons. The minimum absolute atomic E-state index is 0.0337. The fraction of sp³-hybridized carbons (Fsp3) is 0.476. The number of piperazine rings is 1. The summed E-state index contributed by atoms with van der Waals surface area (Å²) in [5.74, 6) is -4.93. The highest BCUT2D eigenvalue weighted by Crippen LogP contribution is 2.32. The van der Waals surface area contributed by atoms with Crippen LogP contribution in [0.3, 0.4) is 0 Å². The summed E-state index contributed by atoms with van der Waals surface area (Å²) in [6, 6.07) is 0.205. The number of amides is 2. The average Bonchev–Trinajstić information content (AvgIpc) is 3.23. The molecule has 9 nitrogen and oxygen atoms in total. The van der Waals surface area contributed by atoms with Crippen molar-refractivity contribution in [1.82, 2.24) is 19.5 Å². The number of hydrogen-bond donors (Lipinski definition) is 2. The van der Waals surface area contributed by atoms with Crippen LogP contribution in [0.1, 0.15) is 22.3 Å². The van der Waals surface area contributed by atoms with Crippen molar-refractivity contribution in [2.45, 2.75) is 13.0 Å². The van der Waals surface area contributed by atoms with Crippen LogP contribution in [-0.4, -0.2) is 79.6 Å². The van der Waals surface area contributed by atoms with E-state index in [4.69, 9.17) is 9.47 Å². The predicted octanol–water partition coefficient (Wildman–Crippen LogP) is 3.45. The Hall–Kier alpha value is -2.42. The normalized spacial score (nSPS) is 14.6. The minimum Gasteiger partial charge on any atom is -0.471 e. The zero-order valence-electron chi connectivity index (χ0n) is 19.1. The molecule has 1 fully saturated rings. The van der Waals surface area contributed by atoms with Crippen LogP contribution in [0.15, 0.2) is 10.5 Å². The SMILES string of the molecule is COC(=O)c1c(OCc2c(F)cc(Br)c(F)c2F)nsc1NC(=O)NCCCN1CCN(C)CC1. The standard InChI is InChI=1S/C21H25BrF3N5O4S/c1-29-6-8-30(9-7-29)5-3-4-26-21(32)27-19-15(20(31)33-2)18(28-35-19)34-11-12-14(23)10-13(22)17(25)16(12)24/h10H,3-9,11H2,1-2H3,(H2,26,27,32). The van der Waals surface area contributed by atoms with Gasteiger partial charge in [-0.25, -0.2) is 22.8 Å². The highest BCUT2D eigenvalue weighted by atomic mass is 79.9. The van der Waals surface area contributed by atoms with Gasteiger partial charge < -0.3 is 24.6 Å². The van der Waals surface area contributed by atoms with E-state index in [2.05, 4.69) is 47.8 Å². The summed E-state index contributed by atoms with van der Waals surface area (Å²) in [5, 5.41) is 5.26. The van der Waals surface area contributed by atoms with E-state index in [1.807, 2.05) is 0 Å². The lowest BCUT2D eigenvalue weighted by Crippen LogP contribution is -2.45. The second-order valence-corrected chi connectivity index (χ2v) is 9.43. The molecule has 0 aliphatic carbocycles. The molecule has 0 unspecified atom stereocenters. The number of likely N-dealkylation sites (N-methyl/N-ethyl adjacent to an activating group) is 1. The summed E-state index contributed by atoms with van der Waals surface area (Å²) in [7, 11) is 3.20. The maximum atomic E-state index is 14.1. The molecule has 2 aromatic rings. The number of urea groups is 1. The van der Waals surface area contributed by atoms with Gasteiger partial charge in [0.05, 0.1) is 17.1 Å². The first-order valence-electron chi connectivity index (χ1n) is 10.7. The first-order valence-corrected chi connectivity index (χ1v) is 12.3. The van der Waals surface area contributed by atoms with E-state index < -0.39 is 41.6 Å². The number of carbonyl (C=O) groups excluding carboxylic acids is 2. The van der Waals surface area contributed by atoms with Crippen molar-refractivity contribution in [1.29, 1.82) is 0 Å². The van der Waals surface area contributed by atoms with Crippen LogP contribution in [0, 0.1) is 17.5 Å². The molecule has 0 atom stereocenters. The number of rotatable bonds is 9. The molecule has 35 heavy (non-hydrogen) atoms. The summed E-state index contributed by atoms with van der Waals surface area (Å²) in [6.45, 7) is 4.51. The Morgan fingerprint density at radius 3 is 2.60 bits per heavy atom. The Morgan fingerprint density at radius 1 is 1.20 bits per heavy atom. The molecular weight excluding hydrogens is 555 g/mol. The Balaban J connectivity index is 1.58. The van der Waals surface area contributed by atoms with Crippen molar-refractivity contribution in [2.75, 3.05) is 58.7 Å². The summed E-state index contributed by atoms with van der Waals surface area (Å²) >= 11 is 3.45. The number of methoxy groups -OCH3 is 1. The van der Waals surface area contributed by atoms with Gasteiger partial charge in [0.1, 0.15) is 17.4 Å². The first kappa shape index (κ1) is 27.2. The molecule has 2 heterocycles. The predicted molar refractivity (Wildman–Crippen MR) is 127 cm³/mol. The van der Waals surface area contributed by atoms with E-state index >= 15 is 0 Å². The van der Waals surface area contributed by atoms with Gasteiger partial charge >= 0.3 is 12.0 Å². The summed E-state index contributed by atoms with van der Waals surface area (Å²) in [4.78, 5) is 29.2. The van der Waals surface area contributed by atoms with E-state index in [0.29, 0.717) is 6.54 Å². The molecular formula is C21H25BrF3N5O4S. The van der Waals surface area contributed by atoms with E-state index in [-0.39, 0.29) is 20.9 Å². The van der Waals surface area contributed by atoms with Crippen molar-refractivity contribution < 1.29 is 32.2 Å². The fourth-order valence-electron chi connectivity index (χ4n) is 3.34. The number of benzene rings is 1. The molecule has 0 bridgehead atoms. The smallest absolute Gasteiger partial charge is 0.346 e. The highest BCUT2D eigenvalue weighted by Gasteiger charge is 2.26. The molecule has 2 N–H and O–H groups in total. The van der Waals surface area contributed by atoms with Gasteiger partial charge in [-0.2, -0.15) is 4.37 Å². The number of aromatic nitrogens is 1. The third-order valence-electron chi connectivity index (χ3n) is 5.37. The van der Waals surface area contributed by atoms with Gasteiger partial charge in [-0.15, -0.1) is 0 Å². The van der Waals surface area contributed by atoms with E-state index in [1.54, 1.807) is 0 Å². The molecule has 3 rings (SSSR count). The van der Waals surface area contributed by atoms with Gasteiger partial charge in [0.2, 0.25) is 5.88 Å². The Kier molecular flexibility index (Phi) is 9.71. The molecule has 1 aromatic heterocycles. The monoisotopic (exact) mass is 579 g/mol. The van der Waals surface area contributed by atoms with E-state index in [9.17, 15) is 22.8 Å². The Morgan fingerprint density at radius 2 is 1.91 bits per heavy atom. The molecule has 1 saturated heterocycles. The molecule has 14 heteroatoms. The number of carbonyl (C=O) groups is 2. The van der Waals surface area contributed by atoms with Crippen LogP contribution in [-0.2, 0) is 11.3 Å². The number of anilines is 1. The van der Waals surface area contributed by atoms with Gasteiger partial charge in [-0.1, -0.05) is 0 Å². The maximum Gasteiger partial charge on any atom is 0.346 e. The largest absolute Gasteiger partial charge is 0.471 e. The van der Waals surface area contributed by atoms with Crippen molar-refractivity contribution in [2.24, 2.45) is 0 Å². The highest BCUT2D eigenvalue weighted by molar-refractivity contribution is 9.10. The molecule has 0 spiro atoms. The minimum atomic E-state index is -1.43.